The highest BCUT2D eigenvalue weighted by Crippen LogP contribution is 2.13. The molecule has 0 saturated heterocycles. The van der Waals surface area contributed by atoms with Crippen molar-refractivity contribution in [2.24, 2.45) is 4.99 Å². The summed E-state index contributed by atoms with van der Waals surface area (Å²) in [4.78, 5) is 18.4. The lowest BCUT2D eigenvalue weighted by Crippen LogP contribution is -2.37. The molecule has 1 amide bonds. The number of nitrogens with one attached hydrogen (secondary N) is 2. The monoisotopic (exact) mass is 440 g/mol. The second kappa shape index (κ2) is 12.1. The largest absolute Gasteiger partial charge is 0.444 e. The number of hydrogen-bond acceptors (Lipinski definition) is 4. The normalized spacial score (nSPS) is 11.8. The second-order valence-electron chi connectivity index (χ2n) is 8.63. The Balaban J connectivity index is 1.94. The van der Waals surface area contributed by atoms with Gasteiger partial charge in [0, 0.05) is 26.7 Å². The lowest BCUT2D eigenvalue weighted by atomic mass is 10.1. The van der Waals surface area contributed by atoms with Crippen LogP contribution in [-0.4, -0.2) is 41.3 Å². The van der Waals surface area contributed by atoms with Crippen LogP contribution in [0.5, 0.6) is 0 Å². The van der Waals surface area contributed by atoms with Gasteiger partial charge in [-0.25, -0.2) is 9.79 Å². The highest BCUT2D eigenvalue weighted by Gasteiger charge is 2.19. The Morgan fingerprint density at radius 3 is 2.25 bits per heavy atom. The number of carbonyl (C=O) groups is 1. The minimum atomic E-state index is -0.508. The second-order valence-corrected chi connectivity index (χ2v) is 8.63. The van der Waals surface area contributed by atoms with Gasteiger partial charge in [0.15, 0.2) is 5.96 Å². The quantitative estimate of drug-likeness (QED) is 0.429. The minimum Gasteiger partial charge on any atom is -0.444 e. The third-order valence-corrected chi connectivity index (χ3v) is 4.65. The van der Waals surface area contributed by atoms with Crippen molar-refractivity contribution in [3.05, 3.63) is 70.8 Å². The van der Waals surface area contributed by atoms with Crippen LogP contribution in [-0.2, 0) is 31.0 Å². The van der Waals surface area contributed by atoms with E-state index in [0.717, 1.165) is 28.8 Å². The van der Waals surface area contributed by atoms with E-state index in [0.29, 0.717) is 25.6 Å². The smallest absolute Gasteiger partial charge is 0.410 e. The van der Waals surface area contributed by atoms with E-state index >= 15 is 0 Å². The predicted molar refractivity (Wildman–Crippen MR) is 128 cm³/mol. The van der Waals surface area contributed by atoms with Crippen molar-refractivity contribution in [1.29, 1.82) is 0 Å². The van der Waals surface area contributed by atoms with E-state index in [1.807, 2.05) is 76.2 Å². The third-order valence-electron chi connectivity index (χ3n) is 4.65. The topological polar surface area (TPSA) is 86.2 Å². The molecule has 0 bridgehead atoms. The van der Waals surface area contributed by atoms with Gasteiger partial charge in [0.05, 0.1) is 13.2 Å². The van der Waals surface area contributed by atoms with Crippen molar-refractivity contribution in [2.45, 2.75) is 59.5 Å². The Bertz CT molecular complexity index is 889. The highest BCUT2D eigenvalue weighted by molar-refractivity contribution is 5.79. The van der Waals surface area contributed by atoms with Crippen LogP contribution in [0.25, 0.3) is 0 Å². The summed E-state index contributed by atoms with van der Waals surface area (Å²) >= 11 is 0. The van der Waals surface area contributed by atoms with Crippen molar-refractivity contribution < 1.29 is 14.6 Å². The Hall–Kier alpha value is -3.06. The Morgan fingerprint density at radius 2 is 1.66 bits per heavy atom. The standard InChI is InChI=1S/C25H36N4O3/c1-6-26-23(28-16-21-9-7-8-10-22(21)18-30)27-15-19-11-13-20(14-12-19)17-29(5)24(31)32-25(2,3)4/h7-14,30H,6,15-18H2,1-5H3,(H2,26,27,28). The maximum absolute atomic E-state index is 12.1. The van der Waals surface area contributed by atoms with Crippen LogP contribution in [0.1, 0.15) is 49.9 Å². The third kappa shape index (κ3) is 8.59. The average Bonchev–Trinajstić information content (AvgIpc) is 2.75. The predicted octanol–water partition coefficient (Wildman–Crippen LogP) is 3.80. The molecule has 0 aliphatic rings. The van der Waals surface area contributed by atoms with Crippen LogP contribution >= 0.6 is 0 Å². The maximum Gasteiger partial charge on any atom is 0.410 e. The molecule has 174 valence electrons. The van der Waals surface area contributed by atoms with Gasteiger partial charge in [-0.1, -0.05) is 48.5 Å². The molecule has 0 aliphatic heterocycles. The number of guanidine groups is 1. The summed E-state index contributed by atoms with van der Waals surface area (Å²) in [7, 11) is 1.73. The summed E-state index contributed by atoms with van der Waals surface area (Å²) in [6, 6.07) is 15.8. The molecule has 0 atom stereocenters. The van der Waals surface area contributed by atoms with Gasteiger partial charge in [-0.3, -0.25) is 0 Å². The molecule has 0 saturated carbocycles. The molecule has 0 aliphatic carbocycles. The van der Waals surface area contributed by atoms with E-state index < -0.39 is 5.60 Å². The fourth-order valence-electron chi connectivity index (χ4n) is 3.00. The van der Waals surface area contributed by atoms with Crippen LogP contribution in [0.4, 0.5) is 4.79 Å². The van der Waals surface area contributed by atoms with Gasteiger partial charge >= 0.3 is 6.09 Å². The highest BCUT2D eigenvalue weighted by atomic mass is 16.6. The van der Waals surface area contributed by atoms with Gasteiger partial charge < -0.3 is 25.4 Å². The van der Waals surface area contributed by atoms with Gasteiger partial charge in [0.2, 0.25) is 0 Å². The first-order valence-corrected chi connectivity index (χ1v) is 10.9. The first kappa shape index (κ1) is 25.2. The number of benzene rings is 2. The van der Waals surface area contributed by atoms with Gasteiger partial charge in [0.1, 0.15) is 5.60 Å². The molecule has 0 unspecified atom stereocenters. The fraction of sp³-hybridized carbons (Fsp3) is 0.440. The molecule has 0 spiro atoms. The minimum absolute atomic E-state index is 0.0149. The molecular weight excluding hydrogens is 404 g/mol. The molecule has 3 N–H and O–H groups in total. The number of aliphatic hydroxyl groups excluding tert-OH is 1. The summed E-state index contributed by atoms with van der Waals surface area (Å²) in [5, 5.41) is 16.1. The zero-order valence-electron chi connectivity index (χ0n) is 19.8. The van der Waals surface area contributed by atoms with Crippen molar-refractivity contribution >= 4 is 12.1 Å². The van der Waals surface area contributed by atoms with Crippen LogP contribution in [0.3, 0.4) is 0 Å². The average molecular weight is 441 g/mol. The van der Waals surface area contributed by atoms with E-state index in [9.17, 15) is 9.90 Å². The summed E-state index contributed by atoms with van der Waals surface area (Å²) in [6.07, 6.45) is -0.338. The van der Waals surface area contributed by atoms with Gasteiger partial charge in [-0.05, 0) is 49.9 Å². The SMILES string of the molecule is CCNC(=NCc1ccc(CN(C)C(=O)OC(C)(C)C)cc1)NCc1ccccc1CO. The van der Waals surface area contributed by atoms with Crippen molar-refractivity contribution in [2.75, 3.05) is 13.6 Å². The van der Waals surface area contributed by atoms with E-state index in [1.54, 1.807) is 11.9 Å². The van der Waals surface area contributed by atoms with Gasteiger partial charge in [-0.15, -0.1) is 0 Å². The summed E-state index contributed by atoms with van der Waals surface area (Å²) < 4.78 is 5.39. The number of ether oxygens (including phenoxy) is 1. The van der Waals surface area contributed by atoms with E-state index in [1.165, 1.54) is 0 Å². The van der Waals surface area contributed by atoms with Crippen LogP contribution in [0.15, 0.2) is 53.5 Å². The number of aliphatic imine (C=N–C) groups is 1. The first-order valence-electron chi connectivity index (χ1n) is 10.9. The van der Waals surface area contributed by atoms with Gasteiger partial charge in [0.25, 0.3) is 0 Å². The fourth-order valence-corrected chi connectivity index (χ4v) is 3.00. The zero-order valence-corrected chi connectivity index (χ0v) is 19.8. The molecule has 0 fully saturated rings. The van der Waals surface area contributed by atoms with Crippen LogP contribution in [0.2, 0.25) is 0 Å². The molecule has 2 rings (SSSR count). The van der Waals surface area contributed by atoms with E-state index in [4.69, 9.17) is 4.74 Å². The Labute approximate surface area is 191 Å². The van der Waals surface area contributed by atoms with Crippen molar-refractivity contribution in [3.8, 4) is 0 Å². The van der Waals surface area contributed by atoms with Crippen LogP contribution in [0, 0.1) is 0 Å². The first-order chi connectivity index (χ1) is 15.2. The number of carbonyl (C=O) groups excluding carboxylic acids is 1. The lowest BCUT2D eigenvalue weighted by Gasteiger charge is -2.24. The zero-order chi connectivity index (χ0) is 23.6. The molecular formula is C25H36N4O3. The molecule has 2 aromatic carbocycles. The molecule has 0 aromatic heterocycles. The van der Waals surface area contributed by atoms with E-state index in [2.05, 4.69) is 15.6 Å². The molecule has 7 nitrogen and oxygen atoms in total. The number of nitrogens with zero attached hydrogens (tertiary/aromatic N) is 2. The molecule has 32 heavy (non-hydrogen) atoms. The molecule has 0 heterocycles. The van der Waals surface area contributed by atoms with Gasteiger partial charge in [-0.2, -0.15) is 0 Å². The summed E-state index contributed by atoms with van der Waals surface area (Å²) in [5.74, 6) is 0.717. The number of rotatable bonds is 8. The number of amides is 1. The lowest BCUT2D eigenvalue weighted by molar-refractivity contribution is 0.0285. The molecule has 7 heteroatoms. The Kier molecular flexibility index (Phi) is 9.53. The Morgan fingerprint density at radius 1 is 1.03 bits per heavy atom. The van der Waals surface area contributed by atoms with Crippen molar-refractivity contribution in [3.63, 3.8) is 0 Å². The van der Waals surface area contributed by atoms with Crippen LogP contribution < -0.4 is 10.6 Å². The number of hydrogen-bond donors (Lipinski definition) is 3. The molecule has 2 aromatic rings. The summed E-state index contributed by atoms with van der Waals surface area (Å²) in [5.41, 5.74) is 3.53. The summed E-state index contributed by atoms with van der Waals surface area (Å²) in [6.45, 7) is 9.95. The number of aliphatic hydroxyl groups is 1. The maximum atomic E-state index is 12.1. The van der Waals surface area contributed by atoms with Crippen molar-refractivity contribution in [1.82, 2.24) is 15.5 Å². The molecule has 0 radical (unpaired) electrons. The van der Waals surface area contributed by atoms with E-state index in [-0.39, 0.29) is 12.7 Å².